The highest BCUT2D eigenvalue weighted by Crippen LogP contribution is 2.39. The zero-order valence-electron chi connectivity index (χ0n) is 9.49. The van der Waals surface area contributed by atoms with Crippen molar-refractivity contribution in [3.8, 4) is 0 Å². The molecule has 2 aromatic carbocycles. The minimum Gasteiger partial charge on any atom is -0.294 e. The Morgan fingerprint density at radius 2 is 1.83 bits per heavy atom. The van der Waals surface area contributed by atoms with Gasteiger partial charge in [-0.3, -0.25) is 4.79 Å². The lowest BCUT2D eigenvalue weighted by molar-refractivity contribution is 0.0991. The Hall–Kier alpha value is -1.48. The largest absolute Gasteiger partial charge is 0.294 e. The summed E-state index contributed by atoms with van der Waals surface area (Å²) in [6, 6.07) is 12.2. The van der Waals surface area contributed by atoms with Gasteiger partial charge in [0.05, 0.1) is 0 Å². The average molecular weight is 305 g/mol. The first-order chi connectivity index (χ1) is 8.65. The molecule has 1 aliphatic rings. The van der Waals surface area contributed by atoms with Crippen LogP contribution >= 0.6 is 15.9 Å². The highest BCUT2D eigenvalue weighted by Gasteiger charge is 2.30. The molecular formula is C15H10BrFO. The number of fused-ring (bicyclic) bond motifs is 1. The van der Waals surface area contributed by atoms with Gasteiger partial charge in [0.2, 0.25) is 0 Å². The Kier molecular flexibility index (Phi) is 2.78. The third kappa shape index (κ3) is 1.89. The number of rotatable bonds is 1. The molecule has 90 valence electrons. The van der Waals surface area contributed by atoms with E-state index in [0.717, 1.165) is 21.2 Å². The van der Waals surface area contributed by atoms with Gasteiger partial charge >= 0.3 is 0 Å². The molecule has 1 atom stereocenters. The zero-order chi connectivity index (χ0) is 12.7. The van der Waals surface area contributed by atoms with Crippen molar-refractivity contribution in [2.75, 3.05) is 0 Å². The Bertz CT molecular complexity index is 619. The van der Waals surface area contributed by atoms with Crippen molar-refractivity contribution in [3.05, 3.63) is 69.4 Å². The molecular weight excluding hydrogens is 295 g/mol. The van der Waals surface area contributed by atoms with E-state index >= 15 is 0 Å². The normalized spacial score (nSPS) is 17.9. The Labute approximate surface area is 113 Å². The van der Waals surface area contributed by atoms with Crippen molar-refractivity contribution in [2.45, 2.75) is 12.3 Å². The van der Waals surface area contributed by atoms with Crippen LogP contribution in [0.3, 0.4) is 0 Å². The molecule has 0 radical (unpaired) electrons. The molecule has 1 aliphatic carbocycles. The van der Waals surface area contributed by atoms with E-state index in [4.69, 9.17) is 0 Å². The summed E-state index contributed by atoms with van der Waals surface area (Å²) in [5.41, 5.74) is 2.80. The summed E-state index contributed by atoms with van der Waals surface area (Å²) in [7, 11) is 0. The van der Waals surface area contributed by atoms with Gasteiger partial charge in [0.25, 0.3) is 0 Å². The van der Waals surface area contributed by atoms with Crippen LogP contribution in [0.4, 0.5) is 4.39 Å². The molecule has 18 heavy (non-hydrogen) atoms. The molecule has 0 aliphatic heterocycles. The molecule has 0 unspecified atom stereocenters. The average Bonchev–Trinajstić information content (AvgIpc) is 2.68. The van der Waals surface area contributed by atoms with Crippen molar-refractivity contribution in [2.24, 2.45) is 0 Å². The van der Waals surface area contributed by atoms with Crippen LogP contribution in [0.5, 0.6) is 0 Å². The van der Waals surface area contributed by atoms with E-state index < -0.39 is 0 Å². The van der Waals surface area contributed by atoms with Gasteiger partial charge in [-0.1, -0.05) is 34.1 Å². The fraction of sp³-hybridized carbons (Fsp3) is 0.133. The maximum Gasteiger partial charge on any atom is 0.164 e. The SMILES string of the molecule is O=C1C[C@@H](c2ccc(F)cc2)c2ccc(Br)cc21. The van der Waals surface area contributed by atoms with Crippen LogP contribution in [-0.4, -0.2) is 5.78 Å². The van der Waals surface area contributed by atoms with E-state index in [1.165, 1.54) is 12.1 Å². The van der Waals surface area contributed by atoms with Crippen LogP contribution in [0.25, 0.3) is 0 Å². The summed E-state index contributed by atoms with van der Waals surface area (Å²) < 4.78 is 13.8. The fourth-order valence-electron chi connectivity index (χ4n) is 2.47. The zero-order valence-corrected chi connectivity index (χ0v) is 11.1. The summed E-state index contributed by atoms with van der Waals surface area (Å²) in [5, 5.41) is 0. The number of ketones is 1. The number of hydrogen-bond donors (Lipinski definition) is 0. The van der Waals surface area contributed by atoms with Gasteiger partial charge in [-0.15, -0.1) is 0 Å². The van der Waals surface area contributed by atoms with Crippen molar-refractivity contribution in [3.63, 3.8) is 0 Å². The van der Waals surface area contributed by atoms with Crippen LogP contribution in [0.1, 0.15) is 33.8 Å². The summed E-state index contributed by atoms with van der Waals surface area (Å²) in [6.07, 6.45) is 0.470. The molecule has 0 bridgehead atoms. The minimum atomic E-state index is -0.251. The van der Waals surface area contributed by atoms with Crippen LogP contribution in [0.2, 0.25) is 0 Å². The maximum absolute atomic E-state index is 12.9. The van der Waals surface area contributed by atoms with Gasteiger partial charge in [-0.2, -0.15) is 0 Å². The second kappa shape index (κ2) is 4.32. The molecule has 0 fully saturated rings. The third-order valence-corrected chi connectivity index (χ3v) is 3.85. The van der Waals surface area contributed by atoms with Crippen molar-refractivity contribution in [1.29, 1.82) is 0 Å². The van der Waals surface area contributed by atoms with Crippen LogP contribution in [0, 0.1) is 5.82 Å². The fourth-order valence-corrected chi connectivity index (χ4v) is 2.83. The maximum atomic E-state index is 12.9. The van der Waals surface area contributed by atoms with Gasteiger partial charge in [0.1, 0.15) is 5.82 Å². The van der Waals surface area contributed by atoms with Crippen molar-refractivity contribution in [1.82, 2.24) is 0 Å². The first-order valence-corrected chi connectivity index (χ1v) is 6.52. The smallest absolute Gasteiger partial charge is 0.164 e. The lowest BCUT2D eigenvalue weighted by Crippen LogP contribution is -1.96. The number of carbonyl (C=O) groups is 1. The van der Waals surface area contributed by atoms with E-state index in [1.54, 1.807) is 12.1 Å². The molecule has 3 heteroatoms. The number of carbonyl (C=O) groups excluding carboxylic acids is 1. The summed E-state index contributed by atoms with van der Waals surface area (Å²) in [6.45, 7) is 0. The molecule has 2 aromatic rings. The molecule has 3 rings (SSSR count). The number of hydrogen-bond acceptors (Lipinski definition) is 1. The van der Waals surface area contributed by atoms with E-state index in [9.17, 15) is 9.18 Å². The van der Waals surface area contributed by atoms with Crippen molar-refractivity contribution >= 4 is 21.7 Å². The highest BCUT2D eigenvalue weighted by atomic mass is 79.9. The molecule has 0 aromatic heterocycles. The van der Waals surface area contributed by atoms with Crippen LogP contribution < -0.4 is 0 Å². The standard InChI is InChI=1S/C15H10BrFO/c16-10-3-6-12-13(8-15(18)14(12)7-10)9-1-4-11(17)5-2-9/h1-7,13H,8H2/t13-/m0/s1. The summed E-state index contributed by atoms with van der Waals surface area (Å²) in [5.74, 6) is -0.0408. The van der Waals surface area contributed by atoms with E-state index in [-0.39, 0.29) is 17.5 Å². The van der Waals surface area contributed by atoms with E-state index in [2.05, 4.69) is 15.9 Å². The van der Waals surface area contributed by atoms with Gasteiger partial charge in [0.15, 0.2) is 5.78 Å². The molecule has 0 N–H and O–H groups in total. The predicted octanol–water partition coefficient (Wildman–Crippen LogP) is 4.31. The topological polar surface area (TPSA) is 17.1 Å². The summed E-state index contributed by atoms with van der Waals surface area (Å²) in [4.78, 5) is 12.0. The quantitative estimate of drug-likeness (QED) is 0.767. The first kappa shape index (κ1) is 11.6. The van der Waals surface area contributed by atoms with Gasteiger partial charge in [0, 0.05) is 22.4 Å². The Balaban J connectivity index is 2.07. The lowest BCUT2D eigenvalue weighted by atomic mass is 9.93. The first-order valence-electron chi connectivity index (χ1n) is 5.73. The Morgan fingerprint density at radius 1 is 1.11 bits per heavy atom. The number of halogens is 2. The van der Waals surface area contributed by atoms with Gasteiger partial charge < -0.3 is 0 Å². The van der Waals surface area contributed by atoms with Crippen LogP contribution in [0.15, 0.2) is 46.9 Å². The minimum absolute atomic E-state index is 0.0567. The van der Waals surface area contributed by atoms with Crippen LogP contribution in [-0.2, 0) is 0 Å². The monoisotopic (exact) mass is 304 g/mol. The number of benzene rings is 2. The predicted molar refractivity (Wildman–Crippen MR) is 71.3 cm³/mol. The number of Topliss-reactive ketones (excluding diaryl/α,β-unsaturated/α-hetero) is 1. The second-order valence-electron chi connectivity index (χ2n) is 4.46. The second-order valence-corrected chi connectivity index (χ2v) is 5.38. The molecule has 0 amide bonds. The Morgan fingerprint density at radius 3 is 2.56 bits per heavy atom. The van der Waals surface area contributed by atoms with Gasteiger partial charge in [-0.25, -0.2) is 4.39 Å². The molecule has 0 heterocycles. The lowest BCUT2D eigenvalue weighted by Gasteiger charge is -2.11. The van der Waals surface area contributed by atoms with E-state index in [0.29, 0.717) is 6.42 Å². The molecule has 1 nitrogen and oxygen atoms in total. The molecule has 0 saturated carbocycles. The van der Waals surface area contributed by atoms with Gasteiger partial charge in [-0.05, 0) is 35.4 Å². The summed E-state index contributed by atoms with van der Waals surface area (Å²) >= 11 is 3.38. The third-order valence-electron chi connectivity index (χ3n) is 3.35. The molecule has 0 saturated heterocycles. The highest BCUT2D eigenvalue weighted by molar-refractivity contribution is 9.10. The van der Waals surface area contributed by atoms with Crippen molar-refractivity contribution < 1.29 is 9.18 Å². The molecule has 0 spiro atoms. The van der Waals surface area contributed by atoms with E-state index in [1.807, 2.05) is 18.2 Å².